The van der Waals surface area contributed by atoms with Crippen molar-refractivity contribution in [3.05, 3.63) is 64.4 Å². The summed E-state index contributed by atoms with van der Waals surface area (Å²) in [4.78, 5) is 13.3. The summed E-state index contributed by atoms with van der Waals surface area (Å²) in [5, 5.41) is 9.42. The number of fused-ring (bicyclic) bond motifs is 1. The average Bonchev–Trinajstić information content (AvgIpc) is 2.83. The Morgan fingerprint density at radius 2 is 2.05 bits per heavy atom. The number of carboxylic acid groups (broad SMARTS) is 1. The van der Waals surface area contributed by atoms with Crippen molar-refractivity contribution in [2.24, 2.45) is 0 Å². The third-order valence-electron chi connectivity index (χ3n) is 3.75. The maximum Gasteiger partial charge on any atom is 0.312 e. The van der Waals surface area contributed by atoms with E-state index in [4.69, 9.17) is 11.6 Å². The summed E-state index contributed by atoms with van der Waals surface area (Å²) < 4.78 is 13.5. The van der Waals surface area contributed by atoms with Crippen LogP contribution < -0.4 is 4.90 Å². The van der Waals surface area contributed by atoms with Crippen LogP contribution in [0.4, 0.5) is 10.1 Å². The highest BCUT2D eigenvalue weighted by Gasteiger charge is 2.33. The largest absolute Gasteiger partial charge is 0.481 e. The van der Waals surface area contributed by atoms with Crippen molar-refractivity contribution in [1.29, 1.82) is 0 Å². The fourth-order valence-corrected chi connectivity index (χ4v) is 2.91. The predicted molar refractivity (Wildman–Crippen MR) is 79.3 cm³/mol. The van der Waals surface area contributed by atoms with Gasteiger partial charge in [0, 0.05) is 18.8 Å². The lowest BCUT2D eigenvalue weighted by Crippen LogP contribution is -2.24. The van der Waals surface area contributed by atoms with Gasteiger partial charge < -0.3 is 10.0 Å². The van der Waals surface area contributed by atoms with Crippen LogP contribution in [0.15, 0.2) is 42.5 Å². The number of carboxylic acids is 1. The third kappa shape index (κ3) is 2.47. The molecule has 0 amide bonds. The molecule has 2 aromatic rings. The molecule has 0 saturated heterocycles. The van der Waals surface area contributed by atoms with E-state index in [2.05, 4.69) is 0 Å². The summed E-state index contributed by atoms with van der Waals surface area (Å²) in [6, 6.07) is 12.1. The minimum absolute atomic E-state index is 0.0914. The van der Waals surface area contributed by atoms with Crippen LogP contribution in [0.5, 0.6) is 0 Å². The summed E-state index contributed by atoms with van der Waals surface area (Å²) in [6.07, 6.45) is 0. The van der Waals surface area contributed by atoms with Crippen LogP contribution in [-0.4, -0.2) is 17.6 Å². The maximum absolute atomic E-state index is 13.5. The number of anilines is 1. The molecule has 3 nitrogen and oxygen atoms in total. The Morgan fingerprint density at radius 1 is 1.29 bits per heavy atom. The van der Waals surface area contributed by atoms with Crippen LogP contribution in [0.1, 0.15) is 17.0 Å². The Morgan fingerprint density at radius 3 is 2.81 bits per heavy atom. The zero-order valence-corrected chi connectivity index (χ0v) is 11.8. The lowest BCUT2D eigenvalue weighted by molar-refractivity contribution is -0.138. The van der Waals surface area contributed by atoms with Gasteiger partial charge in [0.1, 0.15) is 11.7 Å². The molecule has 1 heterocycles. The van der Waals surface area contributed by atoms with Gasteiger partial charge in [-0.3, -0.25) is 4.79 Å². The Balaban J connectivity index is 1.94. The first-order valence-electron chi connectivity index (χ1n) is 6.57. The van der Waals surface area contributed by atoms with E-state index >= 15 is 0 Å². The van der Waals surface area contributed by atoms with Gasteiger partial charge >= 0.3 is 5.97 Å². The van der Waals surface area contributed by atoms with E-state index in [0.717, 1.165) is 11.3 Å². The lowest BCUT2D eigenvalue weighted by atomic mass is 10.0. The second-order valence-electron chi connectivity index (χ2n) is 5.04. The molecule has 1 atom stereocenters. The highest BCUT2D eigenvalue weighted by molar-refractivity contribution is 6.31. The predicted octanol–water partition coefficient (Wildman–Crippen LogP) is 3.67. The number of hydrogen-bond acceptors (Lipinski definition) is 2. The zero-order valence-electron chi connectivity index (χ0n) is 11.1. The van der Waals surface area contributed by atoms with Gasteiger partial charge in [-0.05, 0) is 23.3 Å². The molecule has 3 rings (SSSR count). The molecule has 0 bridgehead atoms. The zero-order chi connectivity index (χ0) is 15.0. The molecule has 108 valence electrons. The summed E-state index contributed by atoms with van der Waals surface area (Å²) in [5.74, 6) is -1.87. The van der Waals surface area contributed by atoms with Crippen LogP contribution in [0, 0.1) is 5.82 Å². The Kier molecular flexibility index (Phi) is 3.55. The number of para-hydroxylation sites is 1. The van der Waals surface area contributed by atoms with Crippen molar-refractivity contribution in [3.8, 4) is 0 Å². The molecular formula is C16H13ClFNO2. The summed E-state index contributed by atoms with van der Waals surface area (Å²) >= 11 is 5.98. The second-order valence-corrected chi connectivity index (χ2v) is 5.42. The van der Waals surface area contributed by atoms with Crippen molar-refractivity contribution in [1.82, 2.24) is 0 Å². The molecule has 21 heavy (non-hydrogen) atoms. The number of hydrogen-bond donors (Lipinski definition) is 1. The highest BCUT2D eigenvalue weighted by atomic mass is 35.5. The Bertz CT molecular complexity index is 704. The van der Waals surface area contributed by atoms with Crippen molar-refractivity contribution in [2.45, 2.75) is 12.5 Å². The van der Waals surface area contributed by atoms with E-state index in [1.165, 1.54) is 6.07 Å². The van der Waals surface area contributed by atoms with Crippen LogP contribution >= 0.6 is 11.6 Å². The summed E-state index contributed by atoms with van der Waals surface area (Å²) in [5.41, 5.74) is 2.31. The summed E-state index contributed by atoms with van der Waals surface area (Å²) in [6.45, 7) is 0.749. The van der Waals surface area contributed by atoms with E-state index in [0.29, 0.717) is 18.7 Å². The number of rotatable bonds is 3. The molecule has 0 saturated carbocycles. The smallest absolute Gasteiger partial charge is 0.312 e. The van der Waals surface area contributed by atoms with Crippen molar-refractivity contribution in [2.75, 3.05) is 11.4 Å². The molecule has 0 aromatic heterocycles. The quantitative estimate of drug-likeness (QED) is 0.940. The van der Waals surface area contributed by atoms with Crippen LogP contribution in [0.2, 0.25) is 5.02 Å². The maximum atomic E-state index is 13.5. The molecule has 0 fully saturated rings. The first-order chi connectivity index (χ1) is 10.1. The SMILES string of the molecule is O=C(O)C1CN(Cc2cccc(F)c2Cl)c2ccccc21. The summed E-state index contributed by atoms with van der Waals surface area (Å²) in [7, 11) is 0. The Labute approximate surface area is 126 Å². The average molecular weight is 306 g/mol. The van der Waals surface area contributed by atoms with Gasteiger partial charge in [0.05, 0.1) is 5.02 Å². The number of aliphatic carboxylic acids is 1. The molecule has 0 radical (unpaired) electrons. The molecule has 0 aliphatic carbocycles. The number of benzene rings is 2. The van der Waals surface area contributed by atoms with Gasteiger partial charge in [0.2, 0.25) is 0 Å². The molecule has 0 spiro atoms. The molecule has 1 aliphatic heterocycles. The minimum Gasteiger partial charge on any atom is -0.481 e. The fraction of sp³-hybridized carbons (Fsp3) is 0.188. The molecule has 1 unspecified atom stereocenters. The standard InChI is InChI=1S/C16H13ClFNO2/c17-15-10(4-3-6-13(15)18)8-19-9-12(16(20)21)11-5-1-2-7-14(11)19/h1-7,12H,8-9H2,(H,20,21). The number of carbonyl (C=O) groups is 1. The van der Waals surface area contributed by atoms with Gasteiger partial charge in [-0.1, -0.05) is 41.9 Å². The van der Waals surface area contributed by atoms with Crippen molar-refractivity contribution >= 4 is 23.3 Å². The Hall–Kier alpha value is -2.07. The van der Waals surface area contributed by atoms with Gasteiger partial charge in [0.25, 0.3) is 0 Å². The van der Waals surface area contributed by atoms with E-state index in [9.17, 15) is 14.3 Å². The van der Waals surface area contributed by atoms with E-state index in [1.807, 2.05) is 29.2 Å². The van der Waals surface area contributed by atoms with Crippen molar-refractivity contribution < 1.29 is 14.3 Å². The second kappa shape index (κ2) is 5.37. The van der Waals surface area contributed by atoms with Crippen LogP contribution in [-0.2, 0) is 11.3 Å². The van der Waals surface area contributed by atoms with E-state index < -0.39 is 17.7 Å². The lowest BCUT2D eigenvalue weighted by Gasteiger charge is -2.20. The highest BCUT2D eigenvalue weighted by Crippen LogP contribution is 2.37. The molecule has 5 heteroatoms. The normalized spacial score (nSPS) is 16.9. The van der Waals surface area contributed by atoms with Gasteiger partial charge in [-0.25, -0.2) is 4.39 Å². The van der Waals surface area contributed by atoms with Crippen molar-refractivity contribution in [3.63, 3.8) is 0 Å². The monoisotopic (exact) mass is 305 g/mol. The van der Waals surface area contributed by atoms with Gasteiger partial charge in [0.15, 0.2) is 0 Å². The minimum atomic E-state index is -0.852. The van der Waals surface area contributed by atoms with E-state index in [1.54, 1.807) is 12.1 Å². The van der Waals surface area contributed by atoms with Gasteiger partial charge in [-0.15, -0.1) is 0 Å². The molecule has 1 N–H and O–H groups in total. The molecule has 2 aromatic carbocycles. The fourth-order valence-electron chi connectivity index (χ4n) is 2.72. The number of nitrogens with zero attached hydrogens (tertiary/aromatic N) is 1. The van der Waals surface area contributed by atoms with Crippen LogP contribution in [0.25, 0.3) is 0 Å². The number of halogens is 2. The third-order valence-corrected chi connectivity index (χ3v) is 4.17. The van der Waals surface area contributed by atoms with E-state index in [-0.39, 0.29) is 5.02 Å². The molecule has 1 aliphatic rings. The first-order valence-corrected chi connectivity index (χ1v) is 6.95. The first kappa shape index (κ1) is 13.9. The van der Waals surface area contributed by atoms with Gasteiger partial charge in [-0.2, -0.15) is 0 Å². The topological polar surface area (TPSA) is 40.5 Å². The molecular weight excluding hydrogens is 293 g/mol. The van der Waals surface area contributed by atoms with Crippen LogP contribution in [0.3, 0.4) is 0 Å².